The van der Waals surface area contributed by atoms with Crippen molar-refractivity contribution in [3.63, 3.8) is 0 Å². The highest BCUT2D eigenvalue weighted by Gasteiger charge is 2.36. The van der Waals surface area contributed by atoms with E-state index in [9.17, 15) is 9.59 Å². The van der Waals surface area contributed by atoms with E-state index in [4.69, 9.17) is 0 Å². The van der Waals surface area contributed by atoms with E-state index in [0.29, 0.717) is 15.6 Å². The lowest BCUT2D eigenvalue weighted by atomic mass is 9.92. The summed E-state index contributed by atoms with van der Waals surface area (Å²) in [5, 5.41) is 0. The zero-order chi connectivity index (χ0) is 15.3. The summed E-state index contributed by atoms with van der Waals surface area (Å²) in [7, 11) is 0. The Morgan fingerprint density at radius 3 is 2.05 bits per heavy atom. The maximum absolute atomic E-state index is 10.9. The van der Waals surface area contributed by atoms with Gasteiger partial charge < -0.3 is 0 Å². The van der Waals surface area contributed by atoms with Crippen molar-refractivity contribution < 1.29 is 9.59 Å². The summed E-state index contributed by atoms with van der Waals surface area (Å²) >= 11 is 6.81. The highest BCUT2D eigenvalue weighted by atomic mass is 79.9. The van der Waals surface area contributed by atoms with Crippen LogP contribution < -0.4 is 0 Å². The van der Waals surface area contributed by atoms with Crippen LogP contribution in [0.15, 0.2) is 67.5 Å². The van der Waals surface area contributed by atoms with Crippen LogP contribution in [0.25, 0.3) is 0 Å². The second-order valence-electron chi connectivity index (χ2n) is 4.05. The molecule has 21 heavy (non-hydrogen) atoms. The van der Waals surface area contributed by atoms with Gasteiger partial charge in [0.2, 0.25) is 17.8 Å². The van der Waals surface area contributed by atoms with Gasteiger partial charge in [-0.15, -0.1) is 0 Å². The van der Waals surface area contributed by atoms with Crippen LogP contribution in [0.2, 0.25) is 0 Å². The number of carbonyl (C=O) groups excluding carboxylic acids is 2. The lowest BCUT2D eigenvalue weighted by molar-refractivity contribution is 0.515. The first-order chi connectivity index (χ1) is 10.2. The molecule has 0 amide bonds. The molecule has 0 unspecified atom stereocenters. The number of isocyanates is 2. The van der Waals surface area contributed by atoms with E-state index in [1.54, 1.807) is 36.4 Å². The molecule has 2 aromatic rings. The molecule has 0 saturated carbocycles. The van der Waals surface area contributed by atoms with Crippen molar-refractivity contribution in [3.05, 3.63) is 68.6 Å². The Bertz CT molecular complexity index is 732. The number of rotatable bonds is 4. The standard InChI is InChI=1S/C15H8Br2N2O2/c16-13-8-4-7-12(14(13)17)15(18-9-20,19-10-21)11-5-2-1-3-6-11/h1-8H. The zero-order valence-corrected chi connectivity index (χ0v) is 13.8. The van der Waals surface area contributed by atoms with Crippen molar-refractivity contribution >= 4 is 44.0 Å². The number of hydrogen-bond donors (Lipinski definition) is 0. The van der Waals surface area contributed by atoms with Crippen LogP contribution in [-0.4, -0.2) is 12.2 Å². The average Bonchev–Trinajstić information content (AvgIpc) is 2.51. The Hall–Kier alpha value is -1.84. The fourth-order valence-corrected chi connectivity index (χ4v) is 2.91. The molecule has 0 aliphatic heterocycles. The van der Waals surface area contributed by atoms with Crippen LogP contribution in [0.5, 0.6) is 0 Å². The summed E-state index contributed by atoms with van der Waals surface area (Å²) in [4.78, 5) is 29.5. The molecule has 6 heteroatoms. The lowest BCUT2D eigenvalue weighted by Crippen LogP contribution is -2.23. The summed E-state index contributed by atoms with van der Waals surface area (Å²) in [6.45, 7) is 0. The number of nitrogens with zero attached hydrogens (tertiary/aromatic N) is 2. The van der Waals surface area contributed by atoms with Crippen molar-refractivity contribution in [3.8, 4) is 0 Å². The van der Waals surface area contributed by atoms with Crippen molar-refractivity contribution in [1.82, 2.24) is 0 Å². The number of halogens is 2. The number of hydrogen-bond acceptors (Lipinski definition) is 4. The summed E-state index contributed by atoms with van der Waals surface area (Å²) in [6, 6.07) is 14.1. The number of aliphatic imine (C=N–C) groups is 2. The van der Waals surface area contributed by atoms with Crippen LogP contribution in [-0.2, 0) is 15.3 Å². The second-order valence-corrected chi connectivity index (χ2v) is 5.69. The van der Waals surface area contributed by atoms with Gasteiger partial charge in [-0.3, -0.25) is 0 Å². The van der Waals surface area contributed by atoms with Crippen LogP contribution in [0.3, 0.4) is 0 Å². The maximum Gasteiger partial charge on any atom is 0.238 e. The third-order valence-electron chi connectivity index (χ3n) is 2.92. The first-order valence-corrected chi connectivity index (χ1v) is 7.42. The van der Waals surface area contributed by atoms with Gasteiger partial charge in [0.25, 0.3) is 0 Å². The minimum absolute atomic E-state index is 0.537. The summed E-state index contributed by atoms with van der Waals surface area (Å²) in [5.41, 5.74) is -0.404. The molecule has 0 bridgehead atoms. The first-order valence-electron chi connectivity index (χ1n) is 5.84. The smallest absolute Gasteiger partial charge is 0.211 e. The monoisotopic (exact) mass is 406 g/mol. The lowest BCUT2D eigenvalue weighted by Gasteiger charge is -2.24. The highest BCUT2D eigenvalue weighted by Crippen LogP contribution is 2.41. The molecule has 0 atom stereocenters. The molecule has 0 radical (unpaired) electrons. The second kappa shape index (κ2) is 6.74. The molecule has 0 spiro atoms. The van der Waals surface area contributed by atoms with E-state index in [1.165, 1.54) is 12.2 Å². The van der Waals surface area contributed by atoms with Crippen molar-refractivity contribution in [2.75, 3.05) is 0 Å². The van der Waals surface area contributed by atoms with Gasteiger partial charge in [0.05, 0.1) is 0 Å². The van der Waals surface area contributed by atoms with Gasteiger partial charge in [-0.1, -0.05) is 42.5 Å². The molecule has 4 nitrogen and oxygen atoms in total. The minimum atomic E-state index is -1.51. The van der Waals surface area contributed by atoms with E-state index in [-0.39, 0.29) is 0 Å². The Labute approximate surface area is 137 Å². The summed E-state index contributed by atoms with van der Waals surface area (Å²) < 4.78 is 1.40. The number of benzene rings is 2. The van der Waals surface area contributed by atoms with Gasteiger partial charge in [0, 0.05) is 20.1 Å². The van der Waals surface area contributed by atoms with Crippen LogP contribution >= 0.6 is 31.9 Å². The molecule has 0 heterocycles. The quantitative estimate of drug-likeness (QED) is 0.566. The predicted octanol–water partition coefficient (Wildman–Crippen LogP) is 4.08. The van der Waals surface area contributed by atoms with Crippen molar-refractivity contribution in [2.24, 2.45) is 9.98 Å². The van der Waals surface area contributed by atoms with Gasteiger partial charge in [-0.05, 0) is 37.9 Å². The molecule has 0 aliphatic rings. The molecule has 0 saturated heterocycles. The largest absolute Gasteiger partial charge is 0.238 e. The Balaban J connectivity index is 2.87. The molecule has 0 N–H and O–H groups in total. The van der Waals surface area contributed by atoms with Gasteiger partial charge in [-0.2, -0.15) is 9.98 Å². The van der Waals surface area contributed by atoms with Crippen molar-refractivity contribution in [2.45, 2.75) is 5.66 Å². The third-order valence-corrected chi connectivity index (χ3v) is 4.97. The minimum Gasteiger partial charge on any atom is -0.211 e. The molecule has 2 rings (SSSR count). The van der Waals surface area contributed by atoms with Gasteiger partial charge in [0.1, 0.15) is 0 Å². The van der Waals surface area contributed by atoms with Crippen molar-refractivity contribution in [1.29, 1.82) is 0 Å². The normalized spacial score (nSPS) is 12.7. The summed E-state index contributed by atoms with van der Waals surface area (Å²) in [6.07, 6.45) is 3.01. The Morgan fingerprint density at radius 1 is 0.857 bits per heavy atom. The van der Waals surface area contributed by atoms with E-state index in [0.717, 1.165) is 4.47 Å². The molecular formula is C15H8Br2N2O2. The van der Waals surface area contributed by atoms with Crippen LogP contribution in [0, 0.1) is 0 Å². The Morgan fingerprint density at radius 2 is 1.48 bits per heavy atom. The predicted molar refractivity (Wildman–Crippen MR) is 85.3 cm³/mol. The zero-order valence-electron chi connectivity index (χ0n) is 10.6. The van der Waals surface area contributed by atoms with Crippen LogP contribution in [0.4, 0.5) is 0 Å². The first kappa shape index (κ1) is 15.5. The van der Waals surface area contributed by atoms with Gasteiger partial charge in [0.15, 0.2) is 0 Å². The van der Waals surface area contributed by atoms with Gasteiger partial charge in [-0.25, -0.2) is 9.59 Å². The molecule has 0 fully saturated rings. The van der Waals surface area contributed by atoms with E-state index in [2.05, 4.69) is 41.8 Å². The fraction of sp³-hybridized carbons (Fsp3) is 0.0667. The highest BCUT2D eigenvalue weighted by molar-refractivity contribution is 9.13. The molecule has 0 aromatic heterocycles. The van der Waals surface area contributed by atoms with E-state index >= 15 is 0 Å². The Kier molecular flexibility index (Phi) is 4.99. The van der Waals surface area contributed by atoms with E-state index in [1.807, 2.05) is 12.1 Å². The summed E-state index contributed by atoms with van der Waals surface area (Å²) in [5.74, 6) is 0. The molecule has 0 aliphatic carbocycles. The maximum atomic E-state index is 10.9. The molecular weight excluding hydrogens is 400 g/mol. The van der Waals surface area contributed by atoms with Crippen LogP contribution in [0.1, 0.15) is 11.1 Å². The SMILES string of the molecule is O=C=NC(N=C=O)(c1ccccc1)c1cccc(Br)c1Br. The molecule has 2 aromatic carbocycles. The average molecular weight is 408 g/mol. The third kappa shape index (κ3) is 2.94. The molecule has 104 valence electrons. The topological polar surface area (TPSA) is 58.9 Å². The fourth-order valence-electron chi connectivity index (χ4n) is 2.01. The van der Waals surface area contributed by atoms with E-state index < -0.39 is 5.66 Å². The van der Waals surface area contributed by atoms with Gasteiger partial charge >= 0.3 is 0 Å².